The van der Waals surface area contributed by atoms with Crippen LogP contribution in [0.5, 0.6) is 5.75 Å². The van der Waals surface area contributed by atoms with Gasteiger partial charge in [-0.05, 0) is 24.3 Å². The molecule has 20 heavy (non-hydrogen) atoms. The summed E-state index contributed by atoms with van der Waals surface area (Å²) in [5.74, 6) is 0.424. The molecule has 1 aromatic heterocycles. The molecule has 0 radical (unpaired) electrons. The normalized spacial score (nSPS) is 18.4. The maximum Gasteiger partial charge on any atom is 0.298 e. The molecule has 2 heterocycles. The van der Waals surface area contributed by atoms with Crippen molar-refractivity contribution in [3.05, 3.63) is 42.7 Å². The average molecular weight is 295 g/mol. The summed E-state index contributed by atoms with van der Waals surface area (Å²) >= 11 is 0. The third-order valence-corrected chi connectivity index (χ3v) is 4.71. The van der Waals surface area contributed by atoms with Crippen LogP contribution in [0.25, 0.3) is 0 Å². The molecular formula is C13H13NO5S. The number of anilines is 1. The Bertz CT molecular complexity index is 695. The van der Waals surface area contributed by atoms with Crippen molar-refractivity contribution >= 4 is 15.7 Å². The number of rotatable bonds is 3. The molecule has 1 aliphatic heterocycles. The summed E-state index contributed by atoms with van der Waals surface area (Å²) < 4.78 is 36.9. The van der Waals surface area contributed by atoms with E-state index in [0.717, 1.165) is 0 Å². The lowest BCUT2D eigenvalue weighted by Crippen LogP contribution is -2.44. The van der Waals surface area contributed by atoms with Gasteiger partial charge in [0.25, 0.3) is 10.0 Å². The molecule has 7 heteroatoms. The van der Waals surface area contributed by atoms with E-state index in [4.69, 9.17) is 9.15 Å². The summed E-state index contributed by atoms with van der Waals surface area (Å²) in [6, 6.07) is 9.71. The van der Waals surface area contributed by atoms with Crippen molar-refractivity contribution in [2.75, 3.05) is 17.5 Å². The van der Waals surface area contributed by atoms with Crippen molar-refractivity contribution in [1.29, 1.82) is 0 Å². The van der Waals surface area contributed by atoms with Crippen LogP contribution in [0.2, 0.25) is 0 Å². The number of nitrogens with zero attached hydrogens (tertiary/aromatic N) is 1. The van der Waals surface area contributed by atoms with E-state index in [-0.39, 0.29) is 18.2 Å². The van der Waals surface area contributed by atoms with Crippen LogP contribution < -0.4 is 9.04 Å². The second-order valence-corrected chi connectivity index (χ2v) is 6.15. The molecule has 1 aliphatic rings. The van der Waals surface area contributed by atoms with E-state index in [0.29, 0.717) is 11.4 Å². The molecule has 1 N–H and O–H groups in total. The van der Waals surface area contributed by atoms with Gasteiger partial charge in [0.2, 0.25) is 5.09 Å². The first-order valence-corrected chi connectivity index (χ1v) is 7.49. The maximum atomic E-state index is 12.6. The van der Waals surface area contributed by atoms with Gasteiger partial charge >= 0.3 is 0 Å². The first-order chi connectivity index (χ1) is 9.63. The number of hydrogen-bond acceptors (Lipinski definition) is 5. The Hall–Kier alpha value is -1.99. The lowest BCUT2D eigenvalue weighted by Gasteiger charge is -2.34. The van der Waals surface area contributed by atoms with Crippen LogP contribution in [0.1, 0.15) is 0 Å². The Kier molecular flexibility index (Phi) is 3.15. The lowest BCUT2D eigenvalue weighted by molar-refractivity contribution is 0.116. The fraction of sp³-hybridized carbons (Fsp3) is 0.231. The molecule has 6 nitrogen and oxygen atoms in total. The highest BCUT2D eigenvalue weighted by Crippen LogP contribution is 2.36. The summed E-state index contributed by atoms with van der Waals surface area (Å²) in [5.41, 5.74) is 0.439. The number of benzene rings is 1. The molecule has 0 spiro atoms. The zero-order valence-corrected chi connectivity index (χ0v) is 11.3. The van der Waals surface area contributed by atoms with Crippen LogP contribution in [0, 0.1) is 0 Å². The number of furan rings is 1. The van der Waals surface area contributed by atoms with Gasteiger partial charge < -0.3 is 14.3 Å². The Morgan fingerprint density at radius 3 is 2.75 bits per heavy atom. The zero-order valence-electron chi connectivity index (χ0n) is 10.5. The van der Waals surface area contributed by atoms with Crippen LogP contribution in [0.15, 0.2) is 52.2 Å². The number of aliphatic hydroxyl groups is 1. The second-order valence-electron chi connectivity index (χ2n) is 4.36. The number of para-hydroxylation sites is 2. The van der Waals surface area contributed by atoms with Crippen LogP contribution in [-0.2, 0) is 10.0 Å². The molecule has 1 unspecified atom stereocenters. The van der Waals surface area contributed by atoms with E-state index in [1.807, 2.05) is 0 Å². The second kappa shape index (κ2) is 4.84. The van der Waals surface area contributed by atoms with Crippen molar-refractivity contribution in [3.8, 4) is 5.75 Å². The van der Waals surface area contributed by atoms with E-state index in [9.17, 15) is 13.5 Å². The molecule has 3 rings (SSSR count). The van der Waals surface area contributed by atoms with Gasteiger partial charge in [-0.1, -0.05) is 12.1 Å². The zero-order chi connectivity index (χ0) is 14.2. The van der Waals surface area contributed by atoms with Crippen molar-refractivity contribution in [1.82, 2.24) is 0 Å². The van der Waals surface area contributed by atoms with E-state index in [2.05, 4.69) is 0 Å². The molecule has 2 aromatic rings. The number of ether oxygens (including phenoxy) is 1. The van der Waals surface area contributed by atoms with Gasteiger partial charge in [-0.25, -0.2) is 0 Å². The summed E-state index contributed by atoms with van der Waals surface area (Å²) in [7, 11) is -3.80. The van der Waals surface area contributed by atoms with E-state index < -0.39 is 16.1 Å². The molecular weight excluding hydrogens is 282 g/mol. The predicted octanol–water partition coefficient (Wildman–Crippen LogP) is 1.23. The predicted molar refractivity (Wildman–Crippen MR) is 71.2 cm³/mol. The first kappa shape index (κ1) is 13.0. The molecule has 0 bridgehead atoms. The van der Waals surface area contributed by atoms with Crippen LogP contribution >= 0.6 is 0 Å². The summed E-state index contributed by atoms with van der Waals surface area (Å²) in [6.45, 7) is -0.227. The minimum absolute atomic E-state index is 0.0382. The third kappa shape index (κ3) is 2.04. The number of hydrogen-bond donors (Lipinski definition) is 1. The maximum absolute atomic E-state index is 12.6. The van der Waals surface area contributed by atoms with Crippen LogP contribution in [0.3, 0.4) is 0 Å². The van der Waals surface area contributed by atoms with Crippen molar-refractivity contribution < 1.29 is 22.7 Å². The van der Waals surface area contributed by atoms with Gasteiger partial charge in [0, 0.05) is 0 Å². The molecule has 0 aliphatic carbocycles. The minimum Gasteiger partial charge on any atom is -0.484 e. The van der Waals surface area contributed by atoms with E-state index in [1.165, 1.54) is 22.7 Å². The Morgan fingerprint density at radius 1 is 1.25 bits per heavy atom. The third-order valence-electron chi connectivity index (χ3n) is 3.04. The van der Waals surface area contributed by atoms with Crippen molar-refractivity contribution in [3.63, 3.8) is 0 Å². The Labute approximate surface area is 116 Å². The first-order valence-electron chi connectivity index (χ1n) is 6.05. The van der Waals surface area contributed by atoms with Gasteiger partial charge in [0.05, 0.1) is 25.1 Å². The fourth-order valence-electron chi connectivity index (χ4n) is 2.10. The highest BCUT2D eigenvalue weighted by Gasteiger charge is 2.35. The fourth-order valence-corrected chi connectivity index (χ4v) is 3.52. The molecule has 0 saturated carbocycles. The summed E-state index contributed by atoms with van der Waals surface area (Å²) in [4.78, 5) is 0. The number of fused-ring (bicyclic) bond motifs is 1. The number of sulfonamides is 1. The lowest BCUT2D eigenvalue weighted by atomic mass is 10.2. The molecule has 1 aromatic carbocycles. The molecule has 0 saturated heterocycles. The standard InChI is InChI=1S/C13H13NO5S/c15-9-10-8-14(11-4-1-2-5-12(11)19-10)20(16,17)13-6-3-7-18-13/h1-7,10,15H,8-9H2. The number of aliphatic hydroxyl groups excluding tert-OH is 1. The van der Waals surface area contributed by atoms with E-state index in [1.54, 1.807) is 24.3 Å². The van der Waals surface area contributed by atoms with Crippen molar-refractivity contribution in [2.45, 2.75) is 11.2 Å². The molecule has 0 fully saturated rings. The Morgan fingerprint density at radius 2 is 2.05 bits per heavy atom. The Balaban J connectivity index is 2.09. The van der Waals surface area contributed by atoms with Gasteiger partial charge in [0.1, 0.15) is 11.9 Å². The smallest absolute Gasteiger partial charge is 0.298 e. The summed E-state index contributed by atoms with van der Waals surface area (Å²) in [5, 5.41) is 9.13. The SMILES string of the molecule is O=S(=O)(c1ccco1)N1CC(CO)Oc2ccccc21. The molecule has 1 atom stereocenters. The average Bonchev–Trinajstić information content (AvgIpc) is 3.01. The van der Waals surface area contributed by atoms with E-state index >= 15 is 0 Å². The highest BCUT2D eigenvalue weighted by atomic mass is 32.2. The minimum atomic E-state index is -3.80. The quantitative estimate of drug-likeness (QED) is 0.921. The van der Waals surface area contributed by atoms with Crippen LogP contribution in [0.4, 0.5) is 5.69 Å². The largest absolute Gasteiger partial charge is 0.484 e. The molecule has 0 amide bonds. The van der Waals surface area contributed by atoms with Gasteiger partial charge in [-0.15, -0.1) is 0 Å². The topological polar surface area (TPSA) is 80.0 Å². The monoisotopic (exact) mass is 295 g/mol. The van der Waals surface area contributed by atoms with Gasteiger partial charge in [-0.3, -0.25) is 4.31 Å². The van der Waals surface area contributed by atoms with Crippen molar-refractivity contribution in [2.24, 2.45) is 0 Å². The van der Waals surface area contributed by atoms with Gasteiger partial charge in [0.15, 0.2) is 0 Å². The van der Waals surface area contributed by atoms with Gasteiger partial charge in [-0.2, -0.15) is 8.42 Å². The summed E-state index contributed by atoms with van der Waals surface area (Å²) in [6.07, 6.45) is 0.706. The van der Waals surface area contributed by atoms with Crippen LogP contribution in [-0.4, -0.2) is 32.8 Å². The highest BCUT2D eigenvalue weighted by molar-refractivity contribution is 7.92. The molecule has 106 valence electrons.